The van der Waals surface area contributed by atoms with E-state index in [1.54, 1.807) is 18.4 Å². The van der Waals surface area contributed by atoms with Crippen molar-refractivity contribution in [1.29, 1.82) is 0 Å². The number of anilines is 1. The molecule has 2 rings (SSSR count). The van der Waals surface area contributed by atoms with Crippen molar-refractivity contribution in [3.63, 3.8) is 0 Å². The number of nitrogens with two attached hydrogens (primary N) is 1. The monoisotopic (exact) mass is 306 g/mol. The van der Waals surface area contributed by atoms with Crippen molar-refractivity contribution in [2.24, 2.45) is 5.92 Å². The van der Waals surface area contributed by atoms with Crippen LogP contribution in [0.5, 0.6) is 5.75 Å². The highest BCUT2D eigenvalue weighted by Crippen LogP contribution is 2.29. The molecular weight excluding hydrogens is 284 g/mol. The predicted molar refractivity (Wildman–Crippen MR) is 87.9 cm³/mol. The predicted octanol–water partition coefficient (Wildman–Crippen LogP) is 3.62. The SMILES string of the molecule is COCCc1nc(-c2ccc(OCC(C)C)c(N)c2)cs1. The Morgan fingerprint density at radius 3 is 2.81 bits per heavy atom. The van der Waals surface area contributed by atoms with E-state index in [4.69, 9.17) is 15.2 Å². The van der Waals surface area contributed by atoms with Crippen molar-refractivity contribution >= 4 is 17.0 Å². The van der Waals surface area contributed by atoms with Crippen LogP contribution in [0.25, 0.3) is 11.3 Å². The lowest BCUT2D eigenvalue weighted by atomic mass is 10.1. The van der Waals surface area contributed by atoms with Crippen LogP contribution >= 0.6 is 11.3 Å². The fraction of sp³-hybridized carbons (Fsp3) is 0.438. The minimum absolute atomic E-state index is 0.478. The van der Waals surface area contributed by atoms with Gasteiger partial charge in [0.15, 0.2) is 0 Å². The maximum absolute atomic E-state index is 6.06. The maximum Gasteiger partial charge on any atom is 0.142 e. The minimum atomic E-state index is 0.478. The standard InChI is InChI=1S/C16H22N2O2S/c1-11(2)9-20-15-5-4-12(8-13(15)17)14-10-21-16(18-14)6-7-19-3/h4-5,8,10-11H,6-7,9,17H2,1-3H3. The van der Waals surface area contributed by atoms with Gasteiger partial charge in [0.05, 0.1) is 29.6 Å². The number of methoxy groups -OCH3 is 1. The molecule has 0 spiro atoms. The van der Waals surface area contributed by atoms with Crippen LogP contribution in [-0.2, 0) is 11.2 Å². The zero-order chi connectivity index (χ0) is 15.2. The van der Waals surface area contributed by atoms with Crippen LogP contribution in [0.4, 0.5) is 5.69 Å². The molecule has 0 saturated carbocycles. The molecule has 0 fully saturated rings. The van der Waals surface area contributed by atoms with E-state index < -0.39 is 0 Å². The second-order valence-electron chi connectivity index (χ2n) is 5.33. The van der Waals surface area contributed by atoms with E-state index in [-0.39, 0.29) is 0 Å². The van der Waals surface area contributed by atoms with Crippen LogP contribution in [-0.4, -0.2) is 25.3 Å². The van der Waals surface area contributed by atoms with Crippen molar-refractivity contribution < 1.29 is 9.47 Å². The van der Waals surface area contributed by atoms with Gasteiger partial charge in [0.1, 0.15) is 5.75 Å². The molecule has 0 amide bonds. The highest BCUT2D eigenvalue weighted by molar-refractivity contribution is 7.09. The zero-order valence-electron chi connectivity index (χ0n) is 12.8. The van der Waals surface area contributed by atoms with Gasteiger partial charge < -0.3 is 15.2 Å². The minimum Gasteiger partial charge on any atom is -0.491 e. The highest BCUT2D eigenvalue weighted by Gasteiger charge is 2.08. The Morgan fingerprint density at radius 2 is 2.14 bits per heavy atom. The molecule has 5 heteroatoms. The number of rotatable bonds is 7. The second-order valence-corrected chi connectivity index (χ2v) is 6.27. The Morgan fingerprint density at radius 1 is 1.33 bits per heavy atom. The van der Waals surface area contributed by atoms with E-state index in [2.05, 4.69) is 24.2 Å². The molecule has 0 aliphatic heterocycles. The van der Waals surface area contributed by atoms with E-state index >= 15 is 0 Å². The van der Waals surface area contributed by atoms with Crippen LogP contribution in [0.2, 0.25) is 0 Å². The third-order valence-electron chi connectivity index (χ3n) is 2.95. The molecule has 0 bridgehead atoms. The summed E-state index contributed by atoms with van der Waals surface area (Å²) in [7, 11) is 1.70. The van der Waals surface area contributed by atoms with Crippen LogP contribution in [0.15, 0.2) is 23.6 Å². The summed E-state index contributed by atoms with van der Waals surface area (Å²) in [6.45, 7) is 5.58. The Bertz CT molecular complexity index is 581. The summed E-state index contributed by atoms with van der Waals surface area (Å²) in [5.41, 5.74) is 8.68. The molecule has 4 nitrogen and oxygen atoms in total. The highest BCUT2D eigenvalue weighted by atomic mass is 32.1. The first-order valence-corrected chi connectivity index (χ1v) is 7.94. The Hall–Kier alpha value is -1.59. The molecule has 0 radical (unpaired) electrons. The molecule has 21 heavy (non-hydrogen) atoms. The summed E-state index contributed by atoms with van der Waals surface area (Å²) in [5.74, 6) is 1.22. The molecule has 0 aliphatic rings. The van der Waals surface area contributed by atoms with Gasteiger partial charge >= 0.3 is 0 Å². The molecule has 114 valence electrons. The first kappa shape index (κ1) is 15.8. The van der Waals surface area contributed by atoms with Crippen molar-refractivity contribution in [2.45, 2.75) is 20.3 Å². The summed E-state index contributed by atoms with van der Waals surface area (Å²) in [4.78, 5) is 4.61. The van der Waals surface area contributed by atoms with Crippen LogP contribution in [0, 0.1) is 5.92 Å². The van der Waals surface area contributed by atoms with Crippen molar-refractivity contribution in [3.8, 4) is 17.0 Å². The smallest absolute Gasteiger partial charge is 0.142 e. The maximum atomic E-state index is 6.06. The van der Waals surface area contributed by atoms with Crippen molar-refractivity contribution in [3.05, 3.63) is 28.6 Å². The molecule has 0 unspecified atom stereocenters. The van der Waals surface area contributed by atoms with Gasteiger partial charge in [0.2, 0.25) is 0 Å². The summed E-state index contributed by atoms with van der Waals surface area (Å²) >= 11 is 1.65. The van der Waals surface area contributed by atoms with Crippen molar-refractivity contribution in [1.82, 2.24) is 4.98 Å². The number of thiazole rings is 1. The molecule has 1 aromatic heterocycles. The molecule has 1 heterocycles. The van der Waals surface area contributed by atoms with E-state index in [9.17, 15) is 0 Å². The first-order chi connectivity index (χ1) is 10.1. The first-order valence-electron chi connectivity index (χ1n) is 7.06. The lowest BCUT2D eigenvalue weighted by molar-refractivity contribution is 0.202. The Kier molecular flexibility index (Phi) is 5.59. The van der Waals surface area contributed by atoms with Gasteiger partial charge in [-0.05, 0) is 24.1 Å². The number of nitrogen functional groups attached to an aromatic ring is 1. The molecule has 0 saturated heterocycles. The quantitative estimate of drug-likeness (QED) is 0.794. The lowest BCUT2D eigenvalue weighted by Crippen LogP contribution is -2.06. The molecule has 0 aliphatic carbocycles. The number of hydrogen-bond acceptors (Lipinski definition) is 5. The summed E-state index contributed by atoms with van der Waals surface area (Å²) in [6, 6.07) is 5.84. The van der Waals surface area contributed by atoms with E-state index in [1.807, 2.05) is 18.2 Å². The second kappa shape index (κ2) is 7.43. The lowest BCUT2D eigenvalue weighted by Gasteiger charge is -2.11. The topological polar surface area (TPSA) is 57.4 Å². The average molecular weight is 306 g/mol. The Balaban J connectivity index is 2.10. The van der Waals surface area contributed by atoms with Gasteiger partial charge in [-0.2, -0.15) is 0 Å². The number of benzene rings is 1. The van der Waals surface area contributed by atoms with Gasteiger partial charge in [0, 0.05) is 24.5 Å². The zero-order valence-corrected chi connectivity index (χ0v) is 13.6. The number of ether oxygens (including phenoxy) is 2. The van der Waals surface area contributed by atoms with Gasteiger partial charge in [-0.1, -0.05) is 13.8 Å². The van der Waals surface area contributed by atoms with Crippen molar-refractivity contribution in [2.75, 3.05) is 26.1 Å². The summed E-state index contributed by atoms with van der Waals surface area (Å²) in [5, 5.41) is 3.12. The number of nitrogens with zero attached hydrogens (tertiary/aromatic N) is 1. The summed E-state index contributed by atoms with van der Waals surface area (Å²) < 4.78 is 10.8. The van der Waals surface area contributed by atoms with Crippen LogP contribution in [0.3, 0.4) is 0 Å². The molecule has 2 N–H and O–H groups in total. The average Bonchev–Trinajstić information content (AvgIpc) is 2.92. The van der Waals surface area contributed by atoms with Gasteiger partial charge in [-0.3, -0.25) is 0 Å². The van der Waals surface area contributed by atoms with Gasteiger partial charge in [-0.25, -0.2) is 4.98 Å². The van der Waals surface area contributed by atoms with Gasteiger partial charge in [-0.15, -0.1) is 11.3 Å². The molecule has 0 atom stereocenters. The normalized spacial score (nSPS) is 11.0. The van der Waals surface area contributed by atoms with E-state index in [1.165, 1.54) is 0 Å². The largest absolute Gasteiger partial charge is 0.491 e. The fourth-order valence-corrected chi connectivity index (χ4v) is 2.63. The third kappa shape index (κ3) is 4.44. The van der Waals surface area contributed by atoms with Gasteiger partial charge in [0.25, 0.3) is 0 Å². The molecular formula is C16H22N2O2S. The van der Waals surface area contributed by atoms with Crippen LogP contribution < -0.4 is 10.5 Å². The molecule has 2 aromatic rings. The fourth-order valence-electron chi connectivity index (χ4n) is 1.84. The van der Waals surface area contributed by atoms with E-state index in [0.29, 0.717) is 24.8 Å². The van der Waals surface area contributed by atoms with E-state index in [0.717, 1.165) is 28.4 Å². The number of aromatic nitrogens is 1. The third-order valence-corrected chi connectivity index (χ3v) is 3.86. The summed E-state index contributed by atoms with van der Waals surface area (Å²) in [6.07, 6.45) is 0.840. The Labute approximate surface area is 129 Å². The van der Waals surface area contributed by atoms with Crippen LogP contribution in [0.1, 0.15) is 18.9 Å². The number of hydrogen-bond donors (Lipinski definition) is 1. The molecule has 1 aromatic carbocycles.